The lowest BCUT2D eigenvalue weighted by molar-refractivity contribution is -0.321. The van der Waals surface area contributed by atoms with Gasteiger partial charge in [-0.05, 0) is 119 Å². The Morgan fingerprint density at radius 1 is 0.915 bits per heavy atom. The van der Waals surface area contributed by atoms with Crippen LogP contribution in [0, 0.1) is 17.8 Å². The number of esters is 3. The van der Waals surface area contributed by atoms with E-state index >= 15 is 0 Å². The number of hydrogen-bond donors (Lipinski definition) is 1. The van der Waals surface area contributed by atoms with E-state index in [1.807, 2.05) is 118 Å². The van der Waals surface area contributed by atoms with Crippen molar-refractivity contribution in [1.29, 1.82) is 0 Å². The van der Waals surface area contributed by atoms with Crippen molar-refractivity contribution < 1.29 is 81.1 Å². The highest BCUT2D eigenvalue weighted by molar-refractivity contribution is 5.94. The largest absolute Gasteiger partial charge is 0.509 e. The number of nitrogens with zero attached hydrogens (tertiary/aromatic N) is 4. The van der Waals surface area contributed by atoms with Gasteiger partial charge in [0.25, 0.3) is 0 Å². The van der Waals surface area contributed by atoms with Crippen molar-refractivity contribution in [2.45, 2.75) is 199 Å². The molecule has 22 heteroatoms. The Labute approximate surface area is 484 Å². The molecule has 4 saturated heterocycles. The van der Waals surface area contributed by atoms with Crippen LogP contribution in [-0.2, 0) is 66.4 Å². The summed E-state index contributed by atoms with van der Waals surface area (Å²) in [6.45, 7) is 22.7. The molecular formula is C60H94N4O18. The van der Waals surface area contributed by atoms with E-state index in [1.165, 1.54) is 13.1 Å². The van der Waals surface area contributed by atoms with Crippen LogP contribution in [0.25, 0.3) is 17.0 Å². The van der Waals surface area contributed by atoms with Crippen LogP contribution >= 0.6 is 0 Å². The lowest BCUT2D eigenvalue weighted by Crippen LogP contribution is -2.61. The monoisotopic (exact) mass is 1160 g/mol. The molecule has 1 aromatic carbocycles. The third-order valence-electron chi connectivity index (χ3n) is 16.9. The smallest absolute Gasteiger partial charge is 0.462 e. The van der Waals surface area contributed by atoms with Crippen LogP contribution in [0.2, 0.25) is 0 Å². The van der Waals surface area contributed by atoms with Gasteiger partial charge in [0, 0.05) is 64.6 Å². The lowest BCUT2D eigenvalue weighted by Gasteiger charge is -2.49. The second-order valence-electron chi connectivity index (χ2n) is 24.0. The molecule has 0 amide bonds. The van der Waals surface area contributed by atoms with Gasteiger partial charge in [-0.25, -0.2) is 9.59 Å². The zero-order valence-electron chi connectivity index (χ0n) is 51.7. The van der Waals surface area contributed by atoms with Gasteiger partial charge in [-0.15, -0.1) is 0 Å². The number of fused-ring (bicyclic) bond motifs is 2. The molecule has 0 radical (unpaired) electrons. The first-order chi connectivity index (χ1) is 38.5. The molecule has 22 nitrogen and oxygen atoms in total. The quantitative estimate of drug-likeness (QED) is 0.101. The number of pyridine rings is 1. The number of cyclic esters (lactones) is 1. The number of carbonyl (C=O) groups excluding carboxylic acids is 4. The number of rotatable bonds is 18. The Kier molecular flexibility index (Phi) is 22.6. The maximum absolute atomic E-state index is 14.9. The molecule has 0 spiro atoms. The minimum Gasteiger partial charge on any atom is -0.462 e. The number of likely N-dealkylation sites (N-methyl/N-ethyl adjacent to an activating group) is 2. The first-order valence-electron chi connectivity index (χ1n) is 28.9. The Morgan fingerprint density at radius 2 is 1.62 bits per heavy atom. The molecule has 4 fully saturated rings. The zero-order chi connectivity index (χ0) is 60.8. The predicted octanol–water partition coefficient (Wildman–Crippen LogP) is 6.10. The summed E-state index contributed by atoms with van der Waals surface area (Å²) in [5.74, 6) is -3.93. The maximum atomic E-state index is 14.9. The van der Waals surface area contributed by atoms with E-state index in [0.717, 1.165) is 5.56 Å². The number of hydrogen-bond acceptors (Lipinski definition) is 21. The molecule has 0 saturated carbocycles. The van der Waals surface area contributed by atoms with Gasteiger partial charge in [-0.1, -0.05) is 39.0 Å². The minimum atomic E-state index is -1.64. The molecule has 4 aliphatic heterocycles. The van der Waals surface area contributed by atoms with E-state index < -0.39 is 119 Å². The van der Waals surface area contributed by atoms with E-state index in [-0.39, 0.29) is 69.3 Å². The summed E-state index contributed by atoms with van der Waals surface area (Å²) in [6.07, 6.45) is -3.06. The molecule has 18 atom stereocenters. The molecule has 5 heterocycles. The fraction of sp³-hybridized carbons (Fsp3) is 0.750. The van der Waals surface area contributed by atoms with Gasteiger partial charge >= 0.3 is 24.1 Å². The molecule has 4 aliphatic rings. The van der Waals surface area contributed by atoms with Gasteiger partial charge in [0.05, 0.1) is 79.5 Å². The Balaban J connectivity index is 1.24. The first kappa shape index (κ1) is 66.4. The predicted molar refractivity (Wildman–Crippen MR) is 305 cm³/mol. The third kappa shape index (κ3) is 15.2. The number of carbonyl (C=O) groups is 4. The van der Waals surface area contributed by atoms with Crippen LogP contribution in [0.5, 0.6) is 0 Å². The van der Waals surface area contributed by atoms with E-state index in [2.05, 4.69) is 0 Å². The van der Waals surface area contributed by atoms with Crippen molar-refractivity contribution >= 4 is 41.0 Å². The molecule has 82 heavy (non-hydrogen) atoms. The normalized spacial score (nSPS) is 36.2. The summed E-state index contributed by atoms with van der Waals surface area (Å²) in [7, 11) is 10.9. The van der Waals surface area contributed by atoms with Gasteiger partial charge in [0.1, 0.15) is 17.8 Å². The Bertz CT molecular complexity index is 2590. The van der Waals surface area contributed by atoms with Gasteiger partial charge in [-0.3, -0.25) is 24.0 Å². The van der Waals surface area contributed by atoms with Gasteiger partial charge < -0.3 is 71.9 Å². The zero-order valence-corrected chi connectivity index (χ0v) is 51.7. The summed E-state index contributed by atoms with van der Waals surface area (Å²) in [6, 6.07) is 4.73. The fourth-order valence-corrected chi connectivity index (χ4v) is 12.6. The molecule has 1 aromatic heterocycles. The maximum Gasteiger partial charge on any atom is 0.509 e. The van der Waals surface area contributed by atoms with Crippen molar-refractivity contribution in [3.05, 3.63) is 51.8 Å². The number of ether oxygens (including phenoxy) is 12. The number of benzene rings is 1. The average molecular weight is 1160 g/mol. The number of aromatic nitrogens is 1. The number of aliphatic hydroxyl groups is 1. The SMILES string of the molecule is CCOC(=O)c1cn(N(C)C)c2ccc(C=CCOCCO[C@H]3[C@H](C)O[C@@H](O[C@H]4[C@H](C)[C@@H](O[C@@H]5O[C@H](C)C[C@H](N(C)C)[C@H]5OC(C)=O)[C@](C)(O)C[C@@H](C)CN(C)[C@H](C)[C@H]5OC(=O)O[C@]5(C)[C@@H](CC)OC(=O)[C@@H]4C)C[C@@]3(C)OC)cc2c1=O. The van der Waals surface area contributed by atoms with Crippen LogP contribution < -0.4 is 10.4 Å². The lowest BCUT2D eigenvalue weighted by atomic mass is 9.77. The third-order valence-corrected chi connectivity index (χ3v) is 16.9. The fourth-order valence-electron chi connectivity index (χ4n) is 12.6. The topological polar surface area (TPSA) is 231 Å². The van der Waals surface area contributed by atoms with E-state index in [9.17, 15) is 29.1 Å². The summed E-state index contributed by atoms with van der Waals surface area (Å²) >= 11 is 0. The molecule has 1 N–H and O–H groups in total. The molecule has 462 valence electrons. The molecule has 0 bridgehead atoms. The summed E-state index contributed by atoms with van der Waals surface area (Å²) in [5.41, 5.74) is -3.09. The molecule has 2 aromatic rings. The van der Waals surface area contributed by atoms with Crippen molar-refractivity contribution in [2.24, 2.45) is 17.8 Å². The standard InChI is InChI=1S/C60H94N4O18/c1-19-46-60(12)52(81-57(69)82-60)38(7)63(17)32-34(3)30-58(10,70)51(80-56-50(77-40(9)65)45(61(13)14)28-35(4)75-56)36(5)49(37(6)54(67)78-46)79-47-31-59(11,71-18)53(39(8)76-47)74-27-26-72-25-21-22-41-23-24-44-42(29-41)48(66)43(55(68)73-20-2)33-64(44)62(15)16/h21-24,29,33-39,45-47,49-53,56,70H,19-20,25-28,30-32H2,1-18H3/t34-,35-,36+,37-,38-,39+,45+,46-,47+,49+,50-,51-,52-,53+,56+,58-,59-,60-/m1/s1. The Hall–Kier alpha value is -4.75. The molecule has 6 rings (SSSR count). The van der Waals surface area contributed by atoms with E-state index in [0.29, 0.717) is 23.9 Å². The van der Waals surface area contributed by atoms with Crippen LogP contribution in [0.3, 0.4) is 0 Å². The highest BCUT2D eigenvalue weighted by Crippen LogP contribution is 2.43. The average Bonchev–Trinajstić information content (AvgIpc) is 2.59. The summed E-state index contributed by atoms with van der Waals surface area (Å²) < 4.78 is 77.0. The van der Waals surface area contributed by atoms with Crippen LogP contribution in [0.1, 0.15) is 125 Å². The number of methoxy groups -OCH3 is 1. The van der Waals surface area contributed by atoms with Gasteiger partial charge in [-0.2, -0.15) is 0 Å². The molecule has 0 unspecified atom stereocenters. The minimum absolute atomic E-state index is 0.0558. The highest BCUT2D eigenvalue weighted by Gasteiger charge is 2.58. The van der Waals surface area contributed by atoms with E-state index in [1.54, 1.807) is 50.6 Å². The second kappa shape index (κ2) is 28.0. The Morgan fingerprint density at radius 3 is 2.26 bits per heavy atom. The first-order valence-corrected chi connectivity index (χ1v) is 28.9. The molecular weight excluding hydrogens is 1060 g/mol. The second-order valence-corrected chi connectivity index (χ2v) is 24.0. The summed E-state index contributed by atoms with van der Waals surface area (Å²) in [5, 5.41) is 15.2. The van der Waals surface area contributed by atoms with Gasteiger partial charge in [0.2, 0.25) is 5.43 Å². The molecule has 0 aliphatic carbocycles. The van der Waals surface area contributed by atoms with Crippen molar-refractivity contribution in [2.75, 3.05) is 80.3 Å². The highest BCUT2D eigenvalue weighted by atomic mass is 16.8. The van der Waals surface area contributed by atoms with Crippen molar-refractivity contribution in [1.82, 2.24) is 14.5 Å². The summed E-state index contributed by atoms with van der Waals surface area (Å²) in [4.78, 5) is 70.8. The van der Waals surface area contributed by atoms with Crippen LogP contribution in [0.15, 0.2) is 35.3 Å². The van der Waals surface area contributed by atoms with Crippen LogP contribution in [0.4, 0.5) is 4.79 Å². The van der Waals surface area contributed by atoms with Crippen molar-refractivity contribution in [3.63, 3.8) is 0 Å². The van der Waals surface area contributed by atoms with E-state index in [4.69, 9.17) is 56.8 Å². The van der Waals surface area contributed by atoms with Gasteiger partial charge in [0.15, 0.2) is 30.4 Å². The van der Waals surface area contributed by atoms with Crippen molar-refractivity contribution in [3.8, 4) is 0 Å². The van der Waals surface area contributed by atoms with Crippen LogP contribution in [-0.4, -0.2) is 209 Å².